The number of imidazole rings is 1. The Morgan fingerprint density at radius 1 is 1.16 bits per heavy atom. The van der Waals surface area contributed by atoms with E-state index in [-0.39, 0.29) is 48.0 Å². The average Bonchev–Trinajstić information content (AvgIpc) is 3.32. The maximum atomic E-state index is 14.1. The first-order chi connectivity index (χ1) is 20.6. The number of nitriles is 1. The van der Waals surface area contributed by atoms with Crippen LogP contribution >= 0.6 is 0 Å². The fourth-order valence-electron chi connectivity index (χ4n) is 4.77. The van der Waals surface area contributed by atoms with Crippen LogP contribution in [0.4, 0.5) is 29.3 Å². The third-order valence-corrected chi connectivity index (χ3v) is 8.79. The van der Waals surface area contributed by atoms with Crippen molar-refractivity contribution in [2.24, 2.45) is 5.73 Å². The van der Waals surface area contributed by atoms with Crippen LogP contribution in [0.2, 0.25) is 25.7 Å². The van der Waals surface area contributed by atoms with Crippen molar-refractivity contribution in [1.82, 2.24) is 9.55 Å². The van der Waals surface area contributed by atoms with E-state index in [1.54, 1.807) is 0 Å². The van der Waals surface area contributed by atoms with E-state index >= 15 is 0 Å². The molecule has 0 spiro atoms. The molecule has 2 atom stereocenters. The minimum atomic E-state index is -5.40. The number of amides is 2. The number of nitrogens with two attached hydrogens (primary N) is 1. The Morgan fingerprint density at radius 2 is 1.84 bits per heavy atom. The summed E-state index contributed by atoms with van der Waals surface area (Å²) in [6.45, 7) is 6.88. The summed E-state index contributed by atoms with van der Waals surface area (Å²) >= 11 is 0. The number of carbonyl (C=O) groups is 3. The molecule has 1 aromatic carbocycles. The maximum Gasteiger partial charge on any atom is 0.471 e. The number of ether oxygens (including phenoxy) is 3. The molecule has 2 heterocycles. The van der Waals surface area contributed by atoms with Crippen molar-refractivity contribution in [3.63, 3.8) is 0 Å². The van der Waals surface area contributed by atoms with E-state index in [2.05, 4.69) is 40.7 Å². The molecule has 240 valence electrons. The van der Waals surface area contributed by atoms with E-state index in [4.69, 9.17) is 15.2 Å². The molecule has 0 saturated heterocycles. The van der Waals surface area contributed by atoms with Gasteiger partial charge in [-0.3, -0.25) is 19.6 Å². The molecule has 1 aliphatic heterocycles. The maximum absolute atomic E-state index is 14.1. The molecule has 0 radical (unpaired) electrons. The molecule has 12 nitrogen and oxygen atoms in total. The largest absolute Gasteiger partial charge is 0.471 e. The van der Waals surface area contributed by atoms with E-state index in [9.17, 15) is 32.8 Å². The Morgan fingerprint density at radius 3 is 2.43 bits per heavy atom. The van der Waals surface area contributed by atoms with Crippen LogP contribution in [0.3, 0.4) is 0 Å². The summed E-state index contributed by atoms with van der Waals surface area (Å²) in [5.74, 6) is -3.14. The number of nitrogens with zero attached hydrogens (tertiary/aromatic N) is 4. The van der Waals surface area contributed by atoms with Crippen molar-refractivity contribution in [3.05, 3.63) is 29.7 Å². The van der Waals surface area contributed by atoms with Gasteiger partial charge in [0, 0.05) is 25.9 Å². The van der Waals surface area contributed by atoms with Gasteiger partial charge >= 0.3 is 24.1 Å². The minimum Gasteiger partial charge on any atom is -0.467 e. The molecule has 0 saturated carbocycles. The number of halogens is 3. The fourth-order valence-corrected chi connectivity index (χ4v) is 5.53. The highest BCUT2D eigenvalue weighted by Crippen LogP contribution is 2.40. The van der Waals surface area contributed by atoms with Crippen molar-refractivity contribution in [2.75, 3.05) is 31.0 Å². The van der Waals surface area contributed by atoms with Crippen molar-refractivity contribution >= 4 is 37.4 Å². The Labute approximate surface area is 254 Å². The lowest BCUT2D eigenvalue weighted by Gasteiger charge is -2.32. The Hall–Kier alpha value is -3.94. The predicted molar refractivity (Wildman–Crippen MR) is 157 cm³/mol. The Kier molecular flexibility index (Phi) is 11.2. The lowest BCUT2D eigenvalue weighted by Crippen LogP contribution is -2.51. The molecule has 2 amide bonds. The molecule has 2 aromatic rings. The molecule has 0 unspecified atom stereocenters. The molecule has 3 N–H and O–H groups in total. The van der Waals surface area contributed by atoms with Gasteiger partial charge in [0.25, 0.3) is 0 Å². The molecule has 1 aliphatic rings. The zero-order chi connectivity index (χ0) is 32.8. The number of alkyl halides is 3. The van der Waals surface area contributed by atoms with E-state index < -0.39 is 50.0 Å². The van der Waals surface area contributed by atoms with Crippen LogP contribution in [0.15, 0.2) is 18.2 Å². The monoisotopic (exact) mass is 638 g/mol. The highest BCUT2D eigenvalue weighted by atomic mass is 28.3. The standard InChI is InChI=1S/C28H37F3N6O6Si/c1-41-25(38)20-9-7-6-8-19(33)24-35-23(22(15-32)36(24)16-43-12-13-44(3,4)5)18-11-10-17(34-27(40)42-2)14-21(18)37(20)26(39)28(29,30)31/h10-11,14,19-20H,6-9,12-13,16,33H2,1-5H3,(H,34,40)/t19-,20+/m0/s1. The van der Waals surface area contributed by atoms with Crippen LogP contribution in [0, 0.1) is 11.3 Å². The van der Waals surface area contributed by atoms with Crippen LogP contribution in [0.25, 0.3) is 11.3 Å². The fraction of sp³-hybridized carbons (Fsp3) is 0.536. The van der Waals surface area contributed by atoms with Gasteiger partial charge < -0.3 is 19.9 Å². The lowest BCUT2D eigenvalue weighted by atomic mass is 10.00. The Balaban J connectivity index is 2.34. The first-order valence-corrected chi connectivity index (χ1v) is 17.6. The number of aromatic nitrogens is 2. The summed E-state index contributed by atoms with van der Waals surface area (Å²) < 4.78 is 59.2. The summed E-state index contributed by atoms with van der Waals surface area (Å²) in [7, 11) is 0.658. The first kappa shape index (κ1) is 34.5. The Bertz CT molecular complexity index is 1420. The van der Waals surface area contributed by atoms with Crippen molar-refractivity contribution in [1.29, 1.82) is 5.26 Å². The van der Waals surface area contributed by atoms with Gasteiger partial charge in [0.2, 0.25) is 0 Å². The number of methoxy groups -OCH3 is 2. The summed E-state index contributed by atoms with van der Waals surface area (Å²) in [5, 5.41) is 12.6. The number of carbonyl (C=O) groups excluding carboxylic acids is 3. The van der Waals surface area contributed by atoms with Crippen LogP contribution in [-0.2, 0) is 30.5 Å². The zero-order valence-electron chi connectivity index (χ0n) is 25.3. The number of nitrogens with one attached hydrogen (secondary N) is 1. The average molecular weight is 639 g/mol. The SMILES string of the molecule is COC(=O)Nc1ccc2c(c1)N(C(=O)C(F)(F)F)[C@@H](C(=O)OC)CCCC[C@H](N)c1nc-2c(C#N)n1COCC[Si](C)(C)C. The molecule has 16 heteroatoms. The zero-order valence-corrected chi connectivity index (χ0v) is 26.3. The van der Waals surface area contributed by atoms with Crippen molar-refractivity contribution < 1.29 is 41.8 Å². The van der Waals surface area contributed by atoms with Crippen LogP contribution in [0.1, 0.15) is 43.2 Å². The number of hydrogen-bond acceptors (Lipinski definition) is 9. The smallest absolute Gasteiger partial charge is 0.467 e. The summed E-state index contributed by atoms with van der Waals surface area (Å²) in [4.78, 5) is 42.9. The summed E-state index contributed by atoms with van der Waals surface area (Å²) in [5.41, 5.74) is 5.82. The number of rotatable bonds is 7. The normalized spacial score (nSPS) is 17.4. The number of anilines is 2. The van der Waals surface area contributed by atoms with Gasteiger partial charge in [0.1, 0.15) is 36.1 Å². The van der Waals surface area contributed by atoms with Crippen LogP contribution in [-0.4, -0.2) is 68.6 Å². The van der Waals surface area contributed by atoms with Gasteiger partial charge in [0.15, 0.2) is 0 Å². The van der Waals surface area contributed by atoms with Crippen molar-refractivity contribution in [3.8, 4) is 17.3 Å². The molecule has 2 bridgehead atoms. The van der Waals surface area contributed by atoms with E-state index in [0.29, 0.717) is 24.3 Å². The minimum absolute atomic E-state index is 0.0455. The lowest BCUT2D eigenvalue weighted by molar-refractivity contribution is -0.172. The van der Waals surface area contributed by atoms with E-state index in [0.717, 1.165) is 26.3 Å². The molecular formula is C28H37F3N6O6Si. The molecule has 0 fully saturated rings. The third-order valence-electron chi connectivity index (χ3n) is 7.08. The highest BCUT2D eigenvalue weighted by molar-refractivity contribution is 6.76. The topological polar surface area (TPSA) is 162 Å². The van der Waals surface area contributed by atoms with Crippen LogP contribution < -0.4 is 16.0 Å². The second kappa shape index (κ2) is 14.2. The predicted octanol–water partition coefficient (Wildman–Crippen LogP) is 4.92. The van der Waals surface area contributed by atoms with Gasteiger partial charge in [-0.25, -0.2) is 14.6 Å². The number of esters is 1. The molecule has 3 rings (SSSR count). The number of hydrogen-bond donors (Lipinski definition) is 2. The number of benzene rings is 1. The second-order valence-corrected chi connectivity index (χ2v) is 17.1. The van der Waals surface area contributed by atoms with E-state index in [1.807, 2.05) is 0 Å². The molecule has 44 heavy (non-hydrogen) atoms. The molecule has 0 aliphatic carbocycles. The third kappa shape index (κ3) is 8.15. The van der Waals surface area contributed by atoms with Crippen molar-refractivity contribution in [2.45, 2.75) is 76.4 Å². The highest BCUT2D eigenvalue weighted by Gasteiger charge is 2.48. The van der Waals surface area contributed by atoms with Crippen LogP contribution in [0.5, 0.6) is 0 Å². The van der Waals surface area contributed by atoms with Gasteiger partial charge in [-0.05, 0) is 37.1 Å². The molecular weight excluding hydrogens is 601 g/mol. The van der Waals surface area contributed by atoms with Gasteiger partial charge in [0.05, 0.1) is 25.9 Å². The van der Waals surface area contributed by atoms with Gasteiger partial charge in [-0.1, -0.05) is 32.5 Å². The number of fused-ring (bicyclic) bond motifs is 4. The van der Waals surface area contributed by atoms with E-state index in [1.165, 1.54) is 16.7 Å². The summed E-state index contributed by atoms with van der Waals surface area (Å²) in [6.07, 6.45) is -5.62. The first-order valence-electron chi connectivity index (χ1n) is 13.9. The van der Waals surface area contributed by atoms with Gasteiger partial charge in [-0.15, -0.1) is 0 Å². The summed E-state index contributed by atoms with van der Waals surface area (Å²) in [6, 6.07) is 4.26. The van der Waals surface area contributed by atoms with Gasteiger partial charge in [-0.2, -0.15) is 18.4 Å². The quantitative estimate of drug-likeness (QED) is 0.243. The molecule has 1 aromatic heterocycles. The second-order valence-electron chi connectivity index (χ2n) is 11.5.